The van der Waals surface area contributed by atoms with E-state index in [1.807, 2.05) is 0 Å². The molecule has 0 heterocycles. The molecule has 4 rings (SSSR count). The average molecular weight is 589 g/mol. The number of halogens is 6. The molecule has 0 radical (unpaired) electrons. The van der Waals surface area contributed by atoms with Crippen molar-refractivity contribution in [2.75, 3.05) is 6.61 Å². The Hall–Kier alpha value is -3.88. The summed E-state index contributed by atoms with van der Waals surface area (Å²) in [7, 11) is 0. The smallest absolute Gasteiger partial charge is 0.389 e. The van der Waals surface area contributed by atoms with Crippen LogP contribution in [0, 0.1) is 0 Å². The van der Waals surface area contributed by atoms with Crippen LogP contribution < -0.4 is 0 Å². The largest absolute Gasteiger partial charge is 0.461 e. The second kappa shape index (κ2) is 12.2. The van der Waals surface area contributed by atoms with E-state index >= 15 is 0 Å². The predicted octanol–water partition coefficient (Wildman–Crippen LogP) is 9.25. The number of hydrogen-bond acceptors (Lipinski definition) is 3. The lowest BCUT2D eigenvalue weighted by Crippen LogP contribution is -2.30. The van der Waals surface area contributed by atoms with E-state index in [2.05, 4.69) is 0 Å². The molecule has 0 bridgehead atoms. The van der Waals surface area contributed by atoms with Gasteiger partial charge in [0, 0.05) is 36.3 Å². The molecule has 3 aromatic carbocycles. The van der Waals surface area contributed by atoms with Crippen molar-refractivity contribution >= 4 is 17.3 Å². The first-order chi connectivity index (χ1) is 19.8. The molecule has 0 amide bonds. The highest BCUT2D eigenvalue weighted by molar-refractivity contribution is 6.29. The molecular weight excluding hydrogens is 558 g/mol. The zero-order valence-corrected chi connectivity index (χ0v) is 23.2. The minimum Gasteiger partial charge on any atom is -0.461 e. The third kappa shape index (κ3) is 6.77. The van der Waals surface area contributed by atoms with Gasteiger partial charge in [0.25, 0.3) is 0 Å². The summed E-state index contributed by atoms with van der Waals surface area (Å²) in [6.45, 7) is 2.91. The van der Waals surface area contributed by atoms with Crippen LogP contribution in [0.25, 0.3) is 16.7 Å². The number of carbonyl (C=O) groups is 2. The number of fused-ring (bicyclic) bond motifs is 3. The number of Topliss-reactive ketones (excluding diaryl/α,β-unsaturated/α-hetero) is 1. The molecule has 222 valence electrons. The lowest BCUT2D eigenvalue weighted by molar-refractivity contribution is -0.144. The molecular formula is C33H30F6O3. The summed E-state index contributed by atoms with van der Waals surface area (Å²) in [5.74, 6) is -1.00. The fourth-order valence-corrected chi connectivity index (χ4v) is 5.76. The fraction of sp³-hybridized carbons (Fsp3) is 0.333. The number of hydrogen-bond donors (Lipinski definition) is 0. The zero-order chi connectivity index (χ0) is 30.7. The number of benzene rings is 3. The minimum absolute atomic E-state index is 0.123. The number of ether oxygens (including phenoxy) is 1. The molecule has 0 spiro atoms. The molecule has 42 heavy (non-hydrogen) atoms. The number of alkyl halides is 6. The standard InChI is InChI=1S/C33H30F6O3/c1-3-22(20-42-21(2)40)29(23-9-5-4-6-10-23)30(41)24-13-14-26-25-11-7-8-12-27(25)31(28(26)19-24,15-17-32(34,35)36)16-18-33(37,38)39/h4-14,19H,3,15-18,20H2,1-2H3/b29-22+. The Labute approximate surface area is 240 Å². The van der Waals surface area contributed by atoms with E-state index in [0.717, 1.165) is 0 Å². The summed E-state index contributed by atoms with van der Waals surface area (Å²) in [5, 5.41) is 0. The molecule has 3 nitrogen and oxygen atoms in total. The Morgan fingerprint density at radius 2 is 1.31 bits per heavy atom. The maximum atomic E-state index is 14.2. The Bertz CT molecular complexity index is 1470. The molecule has 0 saturated heterocycles. The van der Waals surface area contributed by atoms with Gasteiger partial charge in [-0.1, -0.05) is 73.7 Å². The van der Waals surface area contributed by atoms with Crippen LogP contribution in [-0.2, 0) is 14.9 Å². The normalized spacial score (nSPS) is 14.6. The van der Waals surface area contributed by atoms with Crippen molar-refractivity contribution in [1.82, 2.24) is 0 Å². The summed E-state index contributed by atoms with van der Waals surface area (Å²) in [5.41, 5.74) is 1.60. The van der Waals surface area contributed by atoms with Crippen LogP contribution in [0.2, 0.25) is 0 Å². The van der Waals surface area contributed by atoms with Crippen molar-refractivity contribution in [3.05, 3.63) is 101 Å². The van der Waals surface area contributed by atoms with Gasteiger partial charge in [-0.05, 0) is 58.7 Å². The van der Waals surface area contributed by atoms with Crippen molar-refractivity contribution in [2.45, 2.75) is 63.7 Å². The lowest BCUT2D eigenvalue weighted by Gasteiger charge is -2.33. The van der Waals surface area contributed by atoms with Gasteiger partial charge in [-0.25, -0.2) is 0 Å². The van der Waals surface area contributed by atoms with Gasteiger partial charge in [0.05, 0.1) is 0 Å². The first kappa shape index (κ1) is 31.1. The van der Waals surface area contributed by atoms with Gasteiger partial charge in [0.1, 0.15) is 6.61 Å². The maximum absolute atomic E-state index is 14.2. The van der Waals surface area contributed by atoms with Crippen LogP contribution in [0.15, 0.2) is 78.4 Å². The minimum atomic E-state index is -4.59. The van der Waals surface area contributed by atoms with Crippen molar-refractivity contribution < 1.29 is 40.7 Å². The van der Waals surface area contributed by atoms with E-state index in [1.165, 1.54) is 13.0 Å². The van der Waals surface area contributed by atoms with Crippen molar-refractivity contribution in [3.8, 4) is 11.1 Å². The summed E-state index contributed by atoms with van der Waals surface area (Å²) >= 11 is 0. The summed E-state index contributed by atoms with van der Waals surface area (Å²) in [6, 6.07) is 19.8. The molecule has 0 aromatic heterocycles. The molecule has 1 aliphatic carbocycles. The van der Waals surface area contributed by atoms with Crippen LogP contribution in [0.3, 0.4) is 0 Å². The highest BCUT2D eigenvalue weighted by atomic mass is 19.4. The Balaban J connectivity index is 1.91. The molecule has 0 aliphatic heterocycles. The van der Waals surface area contributed by atoms with E-state index in [9.17, 15) is 35.9 Å². The van der Waals surface area contributed by atoms with Crippen LogP contribution in [-0.4, -0.2) is 30.7 Å². The predicted molar refractivity (Wildman–Crippen MR) is 148 cm³/mol. The fourth-order valence-electron chi connectivity index (χ4n) is 5.76. The number of rotatable bonds is 10. The molecule has 0 fully saturated rings. The third-order valence-electron chi connectivity index (χ3n) is 7.72. The Kier molecular flexibility index (Phi) is 8.99. The van der Waals surface area contributed by atoms with Gasteiger partial charge < -0.3 is 4.74 Å². The van der Waals surface area contributed by atoms with Crippen molar-refractivity contribution in [3.63, 3.8) is 0 Å². The Morgan fingerprint density at radius 1 is 0.738 bits per heavy atom. The van der Waals surface area contributed by atoms with E-state index in [4.69, 9.17) is 4.74 Å². The van der Waals surface area contributed by atoms with Crippen molar-refractivity contribution in [2.24, 2.45) is 0 Å². The third-order valence-corrected chi connectivity index (χ3v) is 7.72. The van der Waals surface area contributed by atoms with Crippen LogP contribution in [0.1, 0.15) is 73.0 Å². The number of allylic oxidation sites excluding steroid dienone is 1. The van der Waals surface area contributed by atoms with E-state index in [1.54, 1.807) is 73.7 Å². The number of carbonyl (C=O) groups excluding carboxylic acids is 2. The summed E-state index contributed by atoms with van der Waals surface area (Å²) in [4.78, 5) is 25.7. The average Bonchev–Trinajstić information content (AvgIpc) is 3.22. The molecule has 0 N–H and O–H groups in total. The topological polar surface area (TPSA) is 43.4 Å². The van der Waals surface area contributed by atoms with Crippen molar-refractivity contribution in [1.29, 1.82) is 0 Å². The van der Waals surface area contributed by atoms with Crippen LogP contribution >= 0.6 is 0 Å². The first-order valence-corrected chi connectivity index (χ1v) is 13.6. The molecule has 0 atom stereocenters. The highest BCUT2D eigenvalue weighted by Crippen LogP contribution is 2.55. The summed E-state index contributed by atoms with van der Waals surface area (Å²) in [6.07, 6.45) is -12.6. The summed E-state index contributed by atoms with van der Waals surface area (Å²) < 4.78 is 86.5. The van der Waals surface area contributed by atoms with E-state index in [0.29, 0.717) is 34.2 Å². The van der Waals surface area contributed by atoms with Gasteiger partial charge in [-0.3, -0.25) is 9.59 Å². The second-order valence-electron chi connectivity index (χ2n) is 10.4. The molecule has 0 unspecified atom stereocenters. The van der Waals surface area contributed by atoms with Gasteiger partial charge in [-0.15, -0.1) is 0 Å². The molecule has 9 heteroatoms. The van der Waals surface area contributed by atoms with Gasteiger partial charge >= 0.3 is 18.3 Å². The maximum Gasteiger partial charge on any atom is 0.389 e. The molecule has 3 aromatic rings. The second-order valence-corrected chi connectivity index (χ2v) is 10.4. The quantitative estimate of drug-likeness (QED) is 0.103. The van der Waals surface area contributed by atoms with Crippen LogP contribution in [0.5, 0.6) is 0 Å². The number of esters is 1. The molecule has 0 saturated carbocycles. The van der Waals surface area contributed by atoms with Crippen LogP contribution in [0.4, 0.5) is 26.3 Å². The van der Waals surface area contributed by atoms with Gasteiger partial charge in [0.15, 0.2) is 5.78 Å². The van der Waals surface area contributed by atoms with Gasteiger partial charge in [0.2, 0.25) is 0 Å². The first-order valence-electron chi connectivity index (χ1n) is 13.6. The highest BCUT2D eigenvalue weighted by Gasteiger charge is 2.47. The SMILES string of the molecule is CC/C(COC(C)=O)=C(\C(=O)c1ccc2c(c1)C(CCC(F)(F)F)(CCC(F)(F)F)c1ccccc1-2)c1ccccc1. The molecule has 1 aliphatic rings. The lowest BCUT2D eigenvalue weighted by atomic mass is 9.70. The van der Waals surface area contributed by atoms with Gasteiger partial charge in [-0.2, -0.15) is 26.3 Å². The number of ketones is 1. The zero-order valence-electron chi connectivity index (χ0n) is 23.2. The Morgan fingerprint density at radius 3 is 1.88 bits per heavy atom. The van der Waals surface area contributed by atoms with E-state index in [-0.39, 0.29) is 23.3 Å². The monoisotopic (exact) mass is 588 g/mol. The van der Waals surface area contributed by atoms with E-state index < -0.39 is 55.2 Å².